The highest BCUT2D eigenvalue weighted by atomic mass is 35.5. The Hall–Kier alpha value is -2.02. The number of nitrogens with zero attached hydrogens (tertiary/aromatic N) is 3. The second-order valence-electron chi connectivity index (χ2n) is 7.73. The lowest BCUT2D eigenvalue weighted by Crippen LogP contribution is -2.19. The molecule has 7 heteroatoms. The largest absolute Gasteiger partial charge is 0.378 e. The Balaban J connectivity index is 1.49. The molecule has 3 aromatic rings. The minimum absolute atomic E-state index is 0.232. The molecule has 0 saturated carbocycles. The number of benzene rings is 2. The van der Waals surface area contributed by atoms with E-state index in [0.29, 0.717) is 6.54 Å². The fourth-order valence-electron chi connectivity index (χ4n) is 3.65. The van der Waals surface area contributed by atoms with Crippen molar-refractivity contribution < 1.29 is 4.74 Å². The first kappa shape index (κ1) is 21.2. The zero-order chi connectivity index (χ0) is 20.9. The molecule has 158 valence electrons. The standard InChI is InChI=1S/C23H27ClN4OS/c1-16-5-10-21(17(2)12-16)25-13-22-26-27-23(28(22)14-20-4-3-11-29-20)30-15-18-6-8-19(24)9-7-18/h5-10,12,20,25H,3-4,11,13-15H2,1-2H3/t20-/m1/s1. The minimum Gasteiger partial charge on any atom is -0.378 e. The number of aryl methyl sites for hydroxylation is 2. The minimum atomic E-state index is 0.232. The number of hydrogen-bond donors (Lipinski definition) is 1. The third-order valence-corrected chi connectivity index (χ3v) is 6.59. The van der Waals surface area contributed by atoms with Gasteiger partial charge in [-0.1, -0.05) is 53.2 Å². The van der Waals surface area contributed by atoms with E-state index in [4.69, 9.17) is 16.3 Å². The number of ether oxygens (including phenoxy) is 1. The summed E-state index contributed by atoms with van der Waals surface area (Å²) in [5.74, 6) is 1.76. The van der Waals surface area contributed by atoms with Crippen LogP contribution in [-0.4, -0.2) is 27.5 Å². The third-order valence-electron chi connectivity index (χ3n) is 5.30. The number of halogens is 1. The Kier molecular flexibility index (Phi) is 6.97. The molecule has 1 aliphatic rings. The van der Waals surface area contributed by atoms with E-state index in [9.17, 15) is 0 Å². The molecule has 2 heterocycles. The summed E-state index contributed by atoms with van der Waals surface area (Å²) in [7, 11) is 0. The van der Waals surface area contributed by atoms with E-state index >= 15 is 0 Å². The molecular weight excluding hydrogens is 416 g/mol. The smallest absolute Gasteiger partial charge is 0.191 e. The van der Waals surface area contributed by atoms with Gasteiger partial charge in [0.15, 0.2) is 11.0 Å². The second kappa shape index (κ2) is 9.86. The maximum Gasteiger partial charge on any atom is 0.191 e. The van der Waals surface area contributed by atoms with Crippen LogP contribution in [0.15, 0.2) is 47.6 Å². The van der Waals surface area contributed by atoms with Crippen molar-refractivity contribution in [1.29, 1.82) is 0 Å². The van der Waals surface area contributed by atoms with Crippen LogP contribution in [-0.2, 0) is 23.6 Å². The molecule has 0 aliphatic carbocycles. The van der Waals surface area contributed by atoms with Crippen LogP contribution in [0.4, 0.5) is 5.69 Å². The van der Waals surface area contributed by atoms with Crippen molar-refractivity contribution in [1.82, 2.24) is 14.8 Å². The molecule has 0 amide bonds. The molecule has 1 aliphatic heterocycles. The van der Waals surface area contributed by atoms with Crippen molar-refractivity contribution in [2.24, 2.45) is 0 Å². The summed E-state index contributed by atoms with van der Waals surface area (Å²) in [6, 6.07) is 14.4. The van der Waals surface area contributed by atoms with E-state index in [2.05, 4.69) is 64.3 Å². The number of nitrogens with one attached hydrogen (secondary N) is 1. The fraction of sp³-hybridized carbons (Fsp3) is 0.391. The Labute approximate surface area is 187 Å². The normalized spacial score (nSPS) is 16.2. The van der Waals surface area contributed by atoms with E-state index in [1.54, 1.807) is 11.8 Å². The first-order chi connectivity index (χ1) is 14.6. The molecule has 0 unspecified atom stereocenters. The zero-order valence-electron chi connectivity index (χ0n) is 17.4. The van der Waals surface area contributed by atoms with Gasteiger partial charge in [-0.3, -0.25) is 0 Å². The van der Waals surface area contributed by atoms with Crippen molar-refractivity contribution in [3.8, 4) is 0 Å². The van der Waals surface area contributed by atoms with Gasteiger partial charge >= 0.3 is 0 Å². The van der Waals surface area contributed by atoms with Gasteiger partial charge in [0.25, 0.3) is 0 Å². The van der Waals surface area contributed by atoms with Crippen molar-refractivity contribution in [2.75, 3.05) is 11.9 Å². The highest BCUT2D eigenvalue weighted by Crippen LogP contribution is 2.26. The van der Waals surface area contributed by atoms with Crippen LogP contribution in [0.1, 0.15) is 35.4 Å². The maximum absolute atomic E-state index is 6.00. The van der Waals surface area contributed by atoms with Gasteiger partial charge in [0.05, 0.1) is 19.2 Å². The van der Waals surface area contributed by atoms with Gasteiger partial charge in [-0.05, 0) is 56.0 Å². The topological polar surface area (TPSA) is 52.0 Å². The van der Waals surface area contributed by atoms with Gasteiger partial charge in [0, 0.05) is 23.1 Å². The molecule has 1 atom stereocenters. The maximum atomic E-state index is 6.00. The van der Waals surface area contributed by atoms with Gasteiger partial charge in [-0.15, -0.1) is 10.2 Å². The van der Waals surface area contributed by atoms with E-state index in [0.717, 1.165) is 53.4 Å². The van der Waals surface area contributed by atoms with Crippen LogP contribution >= 0.6 is 23.4 Å². The first-order valence-electron chi connectivity index (χ1n) is 10.3. The van der Waals surface area contributed by atoms with E-state index in [-0.39, 0.29) is 6.10 Å². The molecule has 0 spiro atoms. The van der Waals surface area contributed by atoms with Crippen molar-refractivity contribution in [3.63, 3.8) is 0 Å². The quantitative estimate of drug-likeness (QED) is 0.458. The Bertz CT molecular complexity index is 983. The summed E-state index contributed by atoms with van der Waals surface area (Å²) >= 11 is 7.70. The van der Waals surface area contributed by atoms with E-state index < -0.39 is 0 Å². The van der Waals surface area contributed by atoms with Gasteiger partial charge < -0.3 is 14.6 Å². The van der Waals surface area contributed by atoms with Gasteiger partial charge in [-0.2, -0.15) is 0 Å². The van der Waals surface area contributed by atoms with Crippen molar-refractivity contribution >= 4 is 29.1 Å². The third kappa shape index (κ3) is 5.36. The van der Waals surface area contributed by atoms with Crippen LogP contribution in [0, 0.1) is 13.8 Å². The number of rotatable bonds is 8. The van der Waals surface area contributed by atoms with Crippen molar-refractivity contribution in [3.05, 3.63) is 70.0 Å². The average Bonchev–Trinajstić information content (AvgIpc) is 3.38. The van der Waals surface area contributed by atoms with Crippen LogP contribution in [0.5, 0.6) is 0 Å². The zero-order valence-corrected chi connectivity index (χ0v) is 19.0. The molecular formula is C23H27ClN4OS. The molecule has 0 radical (unpaired) electrons. The monoisotopic (exact) mass is 442 g/mol. The fourth-order valence-corrected chi connectivity index (χ4v) is 4.70. The van der Waals surface area contributed by atoms with Gasteiger partial charge in [-0.25, -0.2) is 0 Å². The Morgan fingerprint density at radius 3 is 2.73 bits per heavy atom. The van der Waals surface area contributed by atoms with E-state index in [1.165, 1.54) is 16.7 Å². The number of anilines is 1. The number of hydrogen-bond acceptors (Lipinski definition) is 5. The molecule has 1 saturated heterocycles. The molecule has 4 rings (SSSR count). The van der Waals surface area contributed by atoms with E-state index in [1.807, 2.05) is 12.1 Å². The summed E-state index contributed by atoms with van der Waals surface area (Å²) in [4.78, 5) is 0. The molecule has 5 nitrogen and oxygen atoms in total. The molecule has 2 aromatic carbocycles. The number of thioether (sulfide) groups is 1. The predicted octanol–water partition coefficient (Wildman–Crippen LogP) is 5.63. The summed E-state index contributed by atoms with van der Waals surface area (Å²) < 4.78 is 8.10. The SMILES string of the molecule is Cc1ccc(NCc2nnc(SCc3ccc(Cl)cc3)n2C[C@H]2CCCO2)c(C)c1. The average molecular weight is 443 g/mol. The summed E-state index contributed by atoms with van der Waals surface area (Å²) in [5, 5.41) is 14.2. The predicted molar refractivity (Wildman–Crippen MR) is 123 cm³/mol. The Morgan fingerprint density at radius 1 is 1.17 bits per heavy atom. The van der Waals surface area contributed by atoms with Gasteiger partial charge in [0.1, 0.15) is 0 Å². The first-order valence-corrected chi connectivity index (χ1v) is 11.7. The summed E-state index contributed by atoms with van der Waals surface area (Å²) in [6.07, 6.45) is 2.44. The van der Waals surface area contributed by atoms with Gasteiger partial charge in [0.2, 0.25) is 0 Å². The lowest BCUT2D eigenvalue weighted by Gasteiger charge is -2.16. The van der Waals surface area contributed by atoms with Crippen LogP contribution in [0.3, 0.4) is 0 Å². The molecule has 1 fully saturated rings. The molecule has 30 heavy (non-hydrogen) atoms. The molecule has 1 N–H and O–H groups in total. The Morgan fingerprint density at radius 2 is 2.00 bits per heavy atom. The second-order valence-corrected chi connectivity index (χ2v) is 9.11. The number of aromatic nitrogens is 3. The van der Waals surface area contributed by atoms with Crippen LogP contribution < -0.4 is 5.32 Å². The lowest BCUT2D eigenvalue weighted by molar-refractivity contribution is 0.0942. The molecule has 0 bridgehead atoms. The highest BCUT2D eigenvalue weighted by molar-refractivity contribution is 7.98. The molecule has 1 aromatic heterocycles. The summed E-state index contributed by atoms with van der Waals surface area (Å²) in [6.45, 7) is 6.50. The van der Waals surface area contributed by atoms with Crippen LogP contribution in [0.25, 0.3) is 0 Å². The lowest BCUT2D eigenvalue weighted by atomic mass is 10.1. The summed E-state index contributed by atoms with van der Waals surface area (Å²) in [5.41, 5.74) is 4.84. The van der Waals surface area contributed by atoms with Crippen molar-refractivity contribution in [2.45, 2.75) is 56.8 Å². The highest BCUT2D eigenvalue weighted by Gasteiger charge is 2.21. The van der Waals surface area contributed by atoms with Crippen LogP contribution in [0.2, 0.25) is 5.02 Å².